The molecular weight excluding hydrogens is 362 g/mol. The van der Waals surface area contributed by atoms with E-state index in [0.29, 0.717) is 12.2 Å². The van der Waals surface area contributed by atoms with Crippen molar-refractivity contribution in [2.75, 3.05) is 23.3 Å². The van der Waals surface area contributed by atoms with Gasteiger partial charge in [0.15, 0.2) is 0 Å². The molecule has 0 radical (unpaired) electrons. The van der Waals surface area contributed by atoms with Crippen LogP contribution in [0.2, 0.25) is 0 Å². The van der Waals surface area contributed by atoms with E-state index in [1.807, 2.05) is 18.2 Å². The molecule has 3 rings (SSSR count). The van der Waals surface area contributed by atoms with Crippen molar-refractivity contribution in [1.29, 1.82) is 0 Å². The Morgan fingerprint density at radius 2 is 1.90 bits per heavy atom. The van der Waals surface area contributed by atoms with Crippen molar-refractivity contribution in [1.82, 2.24) is 15.3 Å². The van der Waals surface area contributed by atoms with Gasteiger partial charge in [-0.2, -0.15) is 0 Å². The smallest absolute Gasteiger partial charge is 0.270 e. The molecule has 0 aliphatic heterocycles. The average molecular weight is 390 g/mol. The summed E-state index contributed by atoms with van der Waals surface area (Å²) in [6.07, 6.45) is 5.11. The molecule has 0 aliphatic rings. The van der Waals surface area contributed by atoms with E-state index in [9.17, 15) is 4.79 Å². The number of aromatic nitrogens is 2. The van der Waals surface area contributed by atoms with Crippen LogP contribution in [0, 0.1) is 6.92 Å². The Morgan fingerprint density at radius 3 is 2.52 bits per heavy atom. The maximum absolute atomic E-state index is 12.3. The molecule has 0 bridgehead atoms. The molecule has 0 aliphatic carbocycles. The first kappa shape index (κ1) is 20.3. The number of carbonyl (C=O) groups is 1. The van der Waals surface area contributed by atoms with Gasteiger partial charge in [0, 0.05) is 43.4 Å². The number of benzene rings is 1. The summed E-state index contributed by atoms with van der Waals surface area (Å²) < 4.78 is 0. The van der Waals surface area contributed by atoms with Crippen molar-refractivity contribution in [2.45, 2.75) is 27.3 Å². The Morgan fingerprint density at radius 1 is 1.07 bits per heavy atom. The standard InChI is InChI=1S/C23H27N5O/c1-4-28(5-2)20-9-11-21(17(3)13-20)27-19-8-10-22(25-16-19)23(29)26-15-18-7-6-12-24-14-18/h6-14,16,27H,4-5,15H2,1-3H3,(H,26,29). The summed E-state index contributed by atoms with van der Waals surface area (Å²) in [7, 11) is 0. The van der Waals surface area contributed by atoms with Crippen molar-refractivity contribution in [3.05, 3.63) is 77.9 Å². The van der Waals surface area contributed by atoms with E-state index in [1.165, 1.54) is 5.69 Å². The molecule has 0 atom stereocenters. The molecule has 29 heavy (non-hydrogen) atoms. The maximum atomic E-state index is 12.3. The molecule has 0 spiro atoms. The lowest BCUT2D eigenvalue weighted by Gasteiger charge is -2.22. The minimum atomic E-state index is -0.208. The van der Waals surface area contributed by atoms with Crippen LogP contribution in [0.5, 0.6) is 0 Å². The number of hydrogen-bond donors (Lipinski definition) is 2. The Bertz CT molecular complexity index is 937. The van der Waals surface area contributed by atoms with Crippen LogP contribution >= 0.6 is 0 Å². The normalized spacial score (nSPS) is 10.4. The van der Waals surface area contributed by atoms with Gasteiger partial charge in [-0.25, -0.2) is 4.98 Å². The number of pyridine rings is 2. The zero-order valence-electron chi connectivity index (χ0n) is 17.1. The number of nitrogens with one attached hydrogen (secondary N) is 2. The number of amides is 1. The van der Waals surface area contributed by atoms with Crippen molar-refractivity contribution in [2.24, 2.45) is 0 Å². The zero-order valence-corrected chi connectivity index (χ0v) is 17.1. The van der Waals surface area contributed by atoms with Gasteiger partial charge in [0.1, 0.15) is 5.69 Å². The van der Waals surface area contributed by atoms with E-state index in [2.05, 4.69) is 64.5 Å². The minimum Gasteiger partial charge on any atom is -0.372 e. The summed E-state index contributed by atoms with van der Waals surface area (Å²) >= 11 is 0. The molecule has 2 aromatic heterocycles. The van der Waals surface area contributed by atoms with E-state index < -0.39 is 0 Å². The van der Waals surface area contributed by atoms with Gasteiger partial charge < -0.3 is 15.5 Å². The molecule has 1 amide bonds. The van der Waals surface area contributed by atoms with Gasteiger partial charge in [-0.3, -0.25) is 9.78 Å². The SMILES string of the molecule is CCN(CC)c1ccc(Nc2ccc(C(=O)NCc3cccnc3)nc2)c(C)c1. The van der Waals surface area contributed by atoms with Gasteiger partial charge >= 0.3 is 0 Å². The molecule has 150 valence electrons. The largest absolute Gasteiger partial charge is 0.372 e. The molecule has 0 unspecified atom stereocenters. The maximum Gasteiger partial charge on any atom is 0.270 e. The lowest BCUT2D eigenvalue weighted by Crippen LogP contribution is -2.23. The number of carbonyl (C=O) groups excluding carboxylic acids is 1. The van der Waals surface area contributed by atoms with E-state index in [4.69, 9.17) is 0 Å². The quantitative estimate of drug-likeness (QED) is 0.601. The number of anilines is 3. The number of nitrogens with zero attached hydrogens (tertiary/aromatic N) is 3. The van der Waals surface area contributed by atoms with Crippen molar-refractivity contribution in [3.63, 3.8) is 0 Å². The number of rotatable bonds is 8. The van der Waals surface area contributed by atoms with Gasteiger partial charge in [-0.05, 0) is 68.3 Å². The highest BCUT2D eigenvalue weighted by molar-refractivity contribution is 5.92. The van der Waals surface area contributed by atoms with Gasteiger partial charge in [-0.15, -0.1) is 0 Å². The molecule has 6 heteroatoms. The number of aryl methyl sites for hydroxylation is 1. The molecule has 3 aromatic rings. The van der Waals surface area contributed by atoms with Gasteiger partial charge in [0.25, 0.3) is 5.91 Å². The summed E-state index contributed by atoms with van der Waals surface area (Å²) in [5.41, 5.74) is 5.57. The Labute approximate surface area is 172 Å². The molecule has 0 saturated carbocycles. The Balaban J connectivity index is 1.62. The average Bonchev–Trinajstić information content (AvgIpc) is 2.76. The second-order valence-electron chi connectivity index (χ2n) is 6.77. The Hall–Kier alpha value is -3.41. The third kappa shape index (κ3) is 5.31. The van der Waals surface area contributed by atoms with Crippen LogP contribution in [0.4, 0.5) is 17.1 Å². The lowest BCUT2D eigenvalue weighted by atomic mass is 10.1. The fourth-order valence-electron chi connectivity index (χ4n) is 3.11. The molecule has 1 aromatic carbocycles. The van der Waals surface area contributed by atoms with Crippen LogP contribution < -0.4 is 15.5 Å². The fourth-order valence-corrected chi connectivity index (χ4v) is 3.11. The summed E-state index contributed by atoms with van der Waals surface area (Å²) in [5, 5.41) is 6.23. The molecule has 2 N–H and O–H groups in total. The third-order valence-electron chi connectivity index (χ3n) is 4.79. The monoisotopic (exact) mass is 389 g/mol. The Kier molecular flexibility index (Phi) is 6.79. The molecule has 0 fully saturated rings. The zero-order chi connectivity index (χ0) is 20.6. The van der Waals surface area contributed by atoms with Crippen molar-refractivity contribution < 1.29 is 4.79 Å². The van der Waals surface area contributed by atoms with E-state index >= 15 is 0 Å². The van der Waals surface area contributed by atoms with Crippen LogP contribution in [-0.4, -0.2) is 29.0 Å². The first-order valence-electron chi connectivity index (χ1n) is 9.86. The summed E-state index contributed by atoms with van der Waals surface area (Å²) in [6.45, 7) is 8.79. The van der Waals surface area contributed by atoms with Crippen molar-refractivity contribution in [3.8, 4) is 0 Å². The topological polar surface area (TPSA) is 70.2 Å². The molecule has 2 heterocycles. The molecule has 6 nitrogen and oxygen atoms in total. The molecular formula is C23H27N5O. The van der Waals surface area contributed by atoms with E-state index in [-0.39, 0.29) is 5.91 Å². The van der Waals surface area contributed by atoms with Crippen molar-refractivity contribution >= 4 is 23.0 Å². The fraction of sp³-hybridized carbons (Fsp3) is 0.261. The first-order valence-corrected chi connectivity index (χ1v) is 9.86. The summed E-state index contributed by atoms with van der Waals surface area (Å²) in [4.78, 5) is 22.9. The predicted molar refractivity (Wildman–Crippen MR) is 118 cm³/mol. The van der Waals surface area contributed by atoms with E-state index in [1.54, 1.807) is 24.7 Å². The summed E-state index contributed by atoms with van der Waals surface area (Å²) in [6, 6.07) is 13.7. The third-order valence-corrected chi connectivity index (χ3v) is 4.79. The van der Waals surface area contributed by atoms with Gasteiger partial charge in [0.2, 0.25) is 0 Å². The predicted octanol–water partition coefficient (Wildman–Crippen LogP) is 4.30. The second-order valence-corrected chi connectivity index (χ2v) is 6.77. The highest BCUT2D eigenvalue weighted by atomic mass is 16.1. The first-order chi connectivity index (χ1) is 14.1. The highest BCUT2D eigenvalue weighted by Crippen LogP contribution is 2.25. The van der Waals surface area contributed by atoms with Crippen LogP contribution in [-0.2, 0) is 6.54 Å². The van der Waals surface area contributed by atoms with Gasteiger partial charge in [0.05, 0.1) is 11.9 Å². The second kappa shape index (κ2) is 9.68. The van der Waals surface area contributed by atoms with Crippen LogP contribution in [0.15, 0.2) is 61.1 Å². The summed E-state index contributed by atoms with van der Waals surface area (Å²) in [5.74, 6) is -0.208. The van der Waals surface area contributed by atoms with Gasteiger partial charge in [-0.1, -0.05) is 6.07 Å². The molecule has 0 saturated heterocycles. The van der Waals surface area contributed by atoms with Crippen LogP contribution in [0.3, 0.4) is 0 Å². The van der Waals surface area contributed by atoms with Crippen LogP contribution in [0.1, 0.15) is 35.5 Å². The lowest BCUT2D eigenvalue weighted by molar-refractivity contribution is 0.0946. The highest BCUT2D eigenvalue weighted by Gasteiger charge is 2.08. The number of hydrogen-bond acceptors (Lipinski definition) is 5. The van der Waals surface area contributed by atoms with E-state index in [0.717, 1.165) is 35.6 Å². The minimum absolute atomic E-state index is 0.208. The van der Waals surface area contributed by atoms with Crippen LogP contribution in [0.25, 0.3) is 0 Å².